The van der Waals surface area contributed by atoms with Crippen molar-refractivity contribution in [2.45, 2.75) is 34.1 Å². The molecule has 12 heavy (non-hydrogen) atoms. The van der Waals surface area contributed by atoms with Gasteiger partial charge in [0.25, 0.3) is 0 Å². The standard InChI is InChI=1S/C7H11ClN2.C2H6/c1-4-6-5(2)7(8)10(3)9-6;1-2/h4H2,1-3H3;1-2H3. The number of halogens is 1. The van der Waals surface area contributed by atoms with E-state index in [2.05, 4.69) is 12.0 Å². The molecule has 0 saturated carbocycles. The van der Waals surface area contributed by atoms with E-state index in [1.807, 2.05) is 27.8 Å². The number of nitrogens with zero attached hydrogens (tertiary/aromatic N) is 2. The van der Waals surface area contributed by atoms with E-state index >= 15 is 0 Å². The SMILES string of the molecule is CC.CCc1nn(C)c(Cl)c1C. The van der Waals surface area contributed by atoms with Gasteiger partial charge >= 0.3 is 0 Å². The van der Waals surface area contributed by atoms with E-state index in [-0.39, 0.29) is 0 Å². The molecule has 0 unspecified atom stereocenters. The molecule has 0 fully saturated rings. The van der Waals surface area contributed by atoms with E-state index in [1.54, 1.807) is 4.68 Å². The Labute approximate surface area is 79.5 Å². The summed E-state index contributed by atoms with van der Waals surface area (Å²) < 4.78 is 1.70. The molecule has 1 aromatic heterocycles. The lowest BCUT2D eigenvalue weighted by atomic mass is 10.2. The number of hydrogen-bond donors (Lipinski definition) is 0. The van der Waals surface area contributed by atoms with Gasteiger partial charge in [-0.1, -0.05) is 32.4 Å². The van der Waals surface area contributed by atoms with Crippen molar-refractivity contribution in [2.75, 3.05) is 0 Å². The van der Waals surface area contributed by atoms with Crippen LogP contribution in [0.4, 0.5) is 0 Å². The van der Waals surface area contributed by atoms with Gasteiger partial charge in [0.15, 0.2) is 0 Å². The molecule has 0 aromatic carbocycles. The highest BCUT2D eigenvalue weighted by Crippen LogP contribution is 2.17. The molecule has 0 N–H and O–H groups in total. The molecule has 0 aliphatic heterocycles. The third-order valence-corrected chi connectivity index (χ3v) is 2.16. The van der Waals surface area contributed by atoms with Crippen LogP contribution >= 0.6 is 11.6 Å². The summed E-state index contributed by atoms with van der Waals surface area (Å²) in [5.41, 5.74) is 2.19. The van der Waals surface area contributed by atoms with Gasteiger partial charge in [0.1, 0.15) is 5.15 Å². The largest absolute Gasteiger partial charge is 0.257 e. The van der Waals surface area contributed by atoms with Crippen LogP contribution in [0.5, 0.6) is 0 Å². The van der Waals surface area contributed by atoms with Crippen molar-refractivity contribution < 1.29 is 0 Å². The van der Waals surface area contributed by atoms with Gasteiger partial charge in [0.2, 0.25) is 0 Å². The monoisotopic (exact) mass is 188 g/mol. The van der Waals surface area contributed by atoms with Gasteiger partial charge in [-0.25, -0.2) is 0 Å². The quantitative estimate of drug-likeness (QED) is 0.663. The molecule has 1 rings (SSSR count). The third kappa shape index (κ3) is 2.24. The number of aromatic nitrogens is 2. The number of aryl methyl sites for hydroxylation is 2. The summed E-state index contributed by atoms with van der Waals surface area (Å²) >= 11 is 5.88. The van der Waals surface area contributed by atoms with Crippen molar-refractivity contribution in [2.24, 2.45) is 7.05 Å². The number of hydrogen-bond acceptors (Lipinski definition) is 1. The van der Waals surface area contributed by atoms with Crippen molar-refractivity contribution in [3.05, 3.63) is 16.4 Å². The Morgan fingerprint density at radius 3 is 2.08 bits per heavy atom. The van der Waals surface area contributed by atoms with E-state index in [1.165, 1.54) is 0 Å². The van der Waals surface area contributed by atoms with Crippen LogP contribution in [0.15, 0.2) is 0 Å². The van der Waals surface area contributed by atoms with Crippen molar-refractivity contribution in [3.8, 4) is 0 Å². The predicted molar refractivity (Wildman–Crippen MR) is 53.7 cm³/mol. The molecular formula is C9H17ClN2. The fourth-order valence-electron chi connectivity index (χ4n) is 0.998. The van der Waals surface area contributed by atoms with E-state index in [0.29, 0.717) is 0 Å². The Morgan fingerprint density at radius 2 is 1.92 bits per heavy atom. The van der Waals surface area contributed by atoms with Crippen LogP contribution in [-0.4, -0.2) is 9.78 Å². The maximum atomic E-state index is 5.88. The molecule has 0 amide bonds. The van der Waals surface area contributed by atoms with Gasteiger partial charge in [-0.15, -0.1) is 0 Å². The van der Waals surface area contributed by atoms with Gasteiger partial charge in [-0.3, -0.25) is 4.68 Å². The van der Waals surface area contributed by atoms with Crippen LogP contribution in [-0.2, 0) is 13.5 Å². The highest BCUT2D eigenvalue weighted by atomic mass is 35.5. The van der Waals surface area contributed by atoms with Crippen LogP contribution in [0.3, 0.4) is 0 Å². The molecule has 0 saturated heterocycles. The van der Waals surface area contributed by atoms with Gasteiger partial charge in [0.05, 0.1) is 5.69 Å². The van der Waals surface area contributed by atoms with E-state index in [9.17, 15) is 0 Å². The molecule has 0 spiro atoms. The summed E-state index contributed by atoms with van der Waals surface area (Å²) in [5, 5.41) is 4.96. The van der Waals surface area contributed by atoms with Crippen molar-refractivity contribution >= 4 is 11.6 Å². The van der Waals surface area contributed by atoms with Crippen LogP contribution < -0.4 is 0 Å². The average Bonchev–Trinajstić information content (AvgIpc) is 2.36. The molecule has 0 radical (unpaired) electrons. The zero-order chi connectivity index (χ0) is 9.72. The Kier molecular flexibility index (Phi) is 4.98. The average molecular weight is 189 g/mol. The minimum Gasteiger partial charge on any atom is -0.257 e. The summed E-state index contributed by atoms with van der Waals surface area (Å²) in [6.07, 6.45) is 0.951. The Hall–Kier alpha value is -0.500. The summed E-state index contributed by atoms with van der Waals surface area (Å²) in [5.74, 6) is 0. The first-order valence-corrected chi connectivity index (χ1v) is 4.72. The fraction of sp³-hybridized carbons (Fsp3) is 0.667. The first-order chi connectivity index (χ1) is 5.66. The first kappa shape index (κ1) is 11.5. The fourth-order valence-corrected chi connectivity index (χ4v) is 1.14. The Morgan fingerprint density at radius 1 is 1.42 bits per heavy atom. The molecule has 1 aromatic rings. The second kappa shape index (κ2) is 5.20. The summed E-state index contributed by atoms with van der Waals surface area (Å²) in [6.45, 7) is 8.07. The topological polar surface area (TPSA) is 17.8 Å². The van der Waals surface area contributed by atoms with Crippen LogP contribution in [0.1, 0.15) is 32.0 Å². The van der Waals surface area contributed by atoms with Gasteiger partial charge in [-0.2, -0.15) is 5.10 Å². The molecule has 70 valence electrons. The molecule has 0 bridgehead atoms. The van der Waals surface area contributed by atoms with Gasteiger partial charge < -0.3 is 0 Å². The van der Waals surface area contributed by atoms with Gasteiger partial charge in [-0.05, 0) is 13.3 Å². The van der Waals surface area contributed by atoms with Crippen molar-refractivity contribution in [1.82, 2.24) is 9.78 Å². The highest BCUT2D eigenvalue weighted by molar-refractivity contribution is 6.30. The molecule has 0 aliphatic carbocycles. The zero-order valence-electron chi connectivity index (χ0n) is 8.48. The second-order valence-electron chi connectivity index (χ2n) is 2.34. The summed E-state index contributed by atoms with van der Waals surface area (Å²) in [4.78, 5) is 0. The maximum absolute atomic E-state index is 5.88. The first-order valence-electron chi connectivity index (χ1n) is 4.34. The minimum absolute atomic E-state index is 0.747. The van der Waals surface area contributed by atoms with Crippen LogP contribution in [0, 0.1) is 6.92 Å². The van der Waals surface area contributed by atoms with Crippen molar-refractivity contribution in [3.63, 3.8) is 0 Å². The smallest absolute Gasteiger partial charge is 0.129 e. The van der Waals surface area contributed by atoms with Gasteiger partial charge in [0, 0.05) is 12.6 Å². The molecule has 0 aliphatic rings. The molecule has 3 heteroatoms. The maximum Gasteiger partial charge on any atom is 0.129 e. The second-order valence-corrected chi connectivity index (χ2v) is 2.70. The lowest BCUT2D eigenvalue weighted by Crippen LogP contribution is -1.90. The molecule has 1 heterocycles. The van der Waals surface area contributed by atoms with Crippen molar-refractivity contribution in [1.29, 1.82) is 0 Å². The molecule has 0 atom stereocenters. The van der Waals surface area contributed by atoms with Crippen LogP contribution in [0.25, 0.3) is 0 Å². The highest BCUT2D eigenvalue weighted by Gasteiger charge is 2.06. The third-order valence-electron chi connectivity index (χ3n) is 1.63. The number of rotatable bonds is 1. The Balaban J connectivity index is 0.000000561. The normalized spacial score (nSPS) is 9.17. The summed E-state index contributed by atoms with van der Waals surface area (Å²) in [6, 6.07) is 0. The van der Waals surface area contributed by atoms with E-state index < -0.39 is 0 Å². The van der Waals surface area contributed by atoms with E-state index in [4.69, 9.17) is 11.6 Å². The minimum atomic E-state index is 0.747. The lowest BCUT2D eigenvalue weighted by Gasteiger charge is -1.88. The molecule has 2 nitrogen and oxygen atoms in total. The predicted octanol–water partition coefficient (Wildman–Crippen LogP) is 2.97. The lowest BCUT2D eigenvalue weighted by molar-refractivity contribution is 0.747. The zero-order valence-corrected chi connectivity index (χ0v) is 9.24. The Bertz CT molecular complexity index is 241. The van der Waals surface area contributed by atoms with E-state index in [0.717, 1.165) is 22.8 Å². The molecular weight excluding hydrogens is 172 g/mol. The van der Waals surface area contributed by atoms with Crippen LogP contribution in [0.2, 0.25) is 5.15 Å². The summed E-state index contributed by atoms with van der Waals surface area (Å²) in [7, 11) is 1.86.